The van der Waals surface area contributed by atoms with Gasteiger partial charge in [-0.15, -0.1) is 0 Å². The van der Waals surface area contributed by atoms with Gasteiger partial charge < -0.3 is 9.64 Å². The predicted octanol–water partition coefficient (Wildman–Crippen LogP) is 12.4. The number of anilines is 1. The van der Waals surface area contributed by atoms with Crippen molar-refractivity contribution in [3.63, 3.8) is 0 Å². The van der Waals surface area contributed by atoms with E-state index < -0.39 is 0 Å². The minimum absolute atomic E-state index is 0.952. The van der Waals surface area contributed by atoms with Crippen molar-refractivity contribution in [1.29, 1.82) is 0 Å². The summed E-state index contributed by atoms with van der Waals surface area (Å²) in [7, 11) is 0. The Balaban J connectivity index is 1.53. The molecule has 0 spiro atoms. The van der Waals surface area contributed by atoms with Crippen LogP contribution in [0.2, 0.25) is 0 Å². The Labute approximate surface area is 243 Å². The van der Waals surface area contributed by atoms with Crippen LogP contribution in [0.15, 0.2) is 36.6 Å². The van der Waals surface area contributed by atoms with Crippen LogP contribution in [0.25, 0.3) is 5.57 Å². The first-order valence-corrected chi connectivity index (χ1v) is 17.1. The van der Waals surface area contributed by atoms with Gasteiger partial charge in [0, 0.05) is 24.3 Å². The average Bonchev–Trinajstić information content (AvgIpc) is 2.95. The van der Waals surface area contributed by atoms with Crippen molar-refractivity contribution in [2.24, 2.45) is 0 Å². The number of allylic oxidation sites excluding steroid dienone is 2. The molecule has 2 rings (SSSR count). The summed E-state index contributed by atoms with van der Waals surface area (Å²) < 4.78 is 5.95. The van der Waals surface area contributed by atoms with E-state index in [1.165, 1.54) is 152 Å². The summed E-state index contributed by atoms with van der Waals surface area (Å²) in [5.41, 5.74) is 4.09. The highest BCUT2D eigenvalue weighted by molar-refractivity contribution is 5.80. The third-order valence-corrected chi connectivity index (χ3v) is 8.41. The van der Waals surface area contributed by atoms with Crippen molar-refractivity contribution in [2.45, 2.75) is 162 Å². The highest BCUT2D eigenvalue weighted by Crippen LogP contribution is 2.34. The number of hydrogen-bond acceptors (Lipinski definition) is 2. The number of benzene rings is 1. The summed E-state index contributed by atoms with van der Waals surface area (Å²) in [6, 6.07) is 6.64. The molecule has 0 unspecified atom stereocenters. The van der Waals surface area contributed by atoms with Crippen LogP contribution in [0.5, 0.6) is 5.75 Å². The Kier molecular flexibility index (Phi) is 19.8. The maximum absolute atomic E-state index is 5.95. The molecule has 0 amide bonds. The van der Waals surface area contributed by atoms with Crippen LogP contribution in [-0.2, 0) is 0 Å². The van der Waals surface area contributed by atoms with E-state index in [0.717, 1.165) is 25.3 Å². The standard InChI is InChI=1S/C37H63NO/c1-4-6-8-10-12-13-14-15-16-17-18-19-20-21-23-25-30-38-31-29-34(3)36-33-35(27-28-37(36)38)39-32-26-24-22-11-9-7-5-2/h26-29,32-33H,4-25,30-31H2,1-3H3. The molecule has 0 bridgehead atoms. The third-order valence-electron chi connectivity index (χ3n) is 8.41. The zero-order chi connectivity index (χ0) is 27.8. The van der Waals surface area contributed by atoms with Crippen LogP contribution in [0.1, 0.15) is 168 Å². The largest absolute Gasteiger partial charge is 0.465 e. The van der Waals surface area contributed by atoms with Crippen LogP contribution < -0.4 is 9.64 Å². The van der Waals surface area contributed by atoms with Crippen LogP contribution in [0, 0.1) is 0 Å². The molecule has 2 heteroatoms. The molecule has 0 aromatic heterocycles. The smallest absolute Gasteiger partial charge is 0.127 e. The molecule has 0 atom stereocenters. The first-order valence-electron chi connectivity index (χ1n) is 17.1. The lowest BCUT2D eigenvalue weighted by molar-refractivity contribution is 0.477. The van der Waals surface area contributed by atoms with E-state index in [2.05, 4.69) is 56.0 Å². The Bertz CT molecular complexity index is 780. The Morgan fingerprint density at radius 1 is 0.667 bits per heavy atom. The Morgan fingerprint density at radius 3 is 1.74 bits per heavy atom. The van der Waals surface area contributed by atoms with E-state index in [4.69, 9.17) is 4.74 Å². The Morgan fingerprint density at radius 2 is 1.18 bits per heavy atom. The number of hydrogen-bond donors (Lipinski definition) is 0. The Hall–Kier alpha value is -1.70. The fourth-order valence-corrected chi connectivity index (χ4v) is 5.76. The fraction of sp³-hybridized carbons (Fsp3) is 0.730. The number of rotatable bonds is 25. The van der Waals surface area contributed by atoms with Crippen molar-refractivity contribution < 1.29 is 4.74 Å². The van der Waals surface area contributed by atoms with Crippen LogP contribution >= 0.6 is 0 Å². The molecule has 1 aliphatic rings. The molecule has 0 N–H and O–H groups in total. The van der Waals surface area contributed by atoms with Crippen LogP contribution in [0.4, 0.5) is 5.69 Å². The molecular formula is C37H63NO. The molecule has 0 aliphatic carbocycles. The molecule has 1 aromatic rings. The highest BCUT2D eigenvalue weighted by atomic mass is 16.5. The van der Waals surface area contributed by atoms with Crippen molar-refractivity contribution in [1.82, 2.24) is 0 Å². The summed E-state index contributed by atoms with van der Waals surface area (Å²) in [5.74, 6) is 0.952. The predicted molar refractivity (Wildman–Crippen MR) is 175 cm³/mol. The minimum Gasteiger partial charge on any atom is -0.465 e. The molecule has 1 aliphatic heterocycles. The molecule has 1 aromatic carbocycles. The first kappa shape index (κ1) is 33.5. The van der Waals surface area contributed by atoms with Gasteiger partial charge in [0.2, 0.25) is 0 Å². The quantitative estimate of drug-likeness (QED) is 0.0908. The first-order chi connectivity index (χ1) is 19.3. The number of ether oxygens (including phenoxy) is 1. The number of nitrogens with zero attached hydrogens (tertiary/aromatic N) is 1. The van der Waals surface area contributed by atoms with Gasteiger partial charge in [0.05, 0.1) is 6.26 Å². The second kappa shape index (κ2) is 23.0. The summed E-state index contributed by atoms with van der Waals surface area (Å²) in [4.78, 5) is 2.56. The molecule has 2 nitrogen and oxygen atoms in total. The topological polar surface area (TPSA) is 12.5 Å². The number of unbranched alkanes of at least 4 members (excludes halogenated alkanes) is 20. The van der Waals surface area contributed by atoms with Crippen molar-refractivity contribution in [3.8, 4) is 5.75 Å². The SMILES string of the molecule is CCCCCCCC=COc1ccc2c(c1)C(C)=CCN2CCCCCCCCCCCCCCCCCC. The normalized spacial score (nSPS) is 13.2. The molecule has 1 heterocycles. The second-order valence-electron chi connectivity index (χ2n) is 12.0. The maximum atomic E-state index is 5.95. The van der Waals surface area contributed by atoms with E-state index in [1.807, 2.05) is 6.26 Å². The summed E-state index contributed by atoms with van der Waals surface area (Å²) in [6.45, 7) is 9.00. The molecular weight excluding hydrogens is 474 g/mol. The van der Waals surface area contributed by atoms with Crippen LogP contribution in [-0.4, -0.2) is 13.1 Å². The van der Waals surface area contributed by atoms with Crippen molar-refractivity contribution in [2.75, 3.05) is 18.0 Å². The molecule has 0 saturated heterocycles. The minimum atomic E-state index is 0.952. The van der Waals surface area contributed by atoms with Gasteiger partial charge >= 0.3 is 0 Å². The van der Waals surface area contributed by atoms with Gasteiger partial charge in [-0.1, -0.05) is 142 Å². The van der Waals surface area contributed by atoms with Gasteiger partial charge in [-0.25, -0.2) is 0 Å². The summed E-state index contributed by atoms with van der Waals surface area (Å²) in [6.07, 6.45) is 37.0. The fourth-order valence-electron chi connectivity index (χ4n) is 5.76. The summed E-state index contributed by atoms with van der Waals surface area (Å²) in [5, 5.41) is 0. The number of fused-ring (bicyclic) bond motifs is 1. The third kappa shape index (κ3) is 15.6. The second-order valence-corrected chi connectivity index (χ2v) is 12.0. The van der Waals surface area contributed by atoms with Gasteiger partial charge in [-0.3, -0.25) is 0 Å². The van der Waals surface area contributed by atoms with Crippen molar-refractivity contribution >= 4 is 11.3 Å². The molecule has 0 saturated carbocycles. The van der Waals surface area contributed by atoms with Crippen LogP contribution in [0.3, 0.4) is 0 Å². The van der Waals surface area contributed by atoms with Crippen molar-refractivity contribution in [3.05, 3.63) is 42.2 Å². The van der Waals surface area contributed by atoms with E-state index >= 15 is 0 Å². The van der Waals surface area contributed by atoms with Gasteiger partial charge in [0.1, 0.15) is 5.75 Å². The van der Waals surface area contributed by atoms with E-state index in [9.17, 15) is 0 Å². The van der Waals surface area contributed by atoms with E-state index in [1.54, 1.807) is 0 Å². The van der Waals surface area contributed by atoms with E-state index in [0.29, 0.717) is 0 Å². The lowest BCUT2D eigenvalue weighted by atomic mass is 9.99. The molecule has 0 fully saturated rings. The lowest BCUT2D eigenvalue weighted by Gasteiger charge is -2.30. The van der Waals surface area contributed by atoms with Gasteiger partial charge in [0.25, 0.3) is 0 Å². The average molecular weight is 538 g/mol. The van der Waals surface area contributed by atoms with Gasteiger partial charge in [-0.05, 0) is 56.0 Å². The zero-order valence-corrected chi connectivity index (χ0v) is 26.3. The summed E-state index contributed by atoms with van der Waals surface area (Å²) >= 11 is 0. The monoisotopic (exact) mass is 537 g/mol. The lowest BCUT2D eigenvalue weighted by Crippen LogP contribution is -2.28. The maximum Gasteiger partial charge on any atom is 0.127 e. The molecule has 222 valence electrons. The molecule has 39 heavy (non-hydrogen) atoms. The zero-order valence-electron chi connectivity index (χ0n) is 26.3. The van der Waals surface area contributed by atoms with Gasteiger partial charge in [-0.2, -0.15) is 0 Å². The molecule has 0 radical (unpaired) electrons. The van der Waals surface area contributed by atoms with Gasteiger partial charge in [0.15, 0.2) is 0 Å². The van der Waals surface area contributed by atoms with E-state index in [-0.39, 0.29) is 0 Å². The highest BCUT2D eigenvalue weighted by Gasteiger charge is 2.17.